The van der Waals surface area contributed by atoms with E-state index >= 15 is 0 Å². The maximum atomic E-state index is 12.3. The Morgan fingerprint density at radius 2 is 2.23 bits per heavy atom. The van der Waals surface area contributed by atoms with Crippen LogP contribution in [-0.4, -0.2) is 27.0 Å². The Hall–Kier alpha value is -2.56. The normalized spacial score (nSPS) is 11.2. The summed E-state index contributed by atoms with van der Waals surface area (Å²) in [6.07, 6.45) is 6.23. The van der Waals surface area contributed by atoms with Crippen molar-refractivity contribution in [2.45, 2.75) is 26.3 Å². The van der Waals surface area contributed by atoms with E-state index in [2.05, 4.69) is 46.0 Å². The summed E-state index contributed by atoms with van der Waals surface area (Å²) in [7, 11) is 0. The van der Waals surface area contributed by atoms with Gasteiger partial charge >= 0.3 is 0 Å². The Morgan fingerprint density at radius 1 is 1.36 bits per heavy atom. The van der Waals surface area contributed by atoms with Gasteiger partial charge in [0.1, 0.15) is 0 Å². The molecule has 0 bridgehead atoms. The third-order valence-corrected chi connectivity index (χ3v) is 3.78. The van der Waals surface area contributed by atoms with Crippen molar-refractivity contribution in [3.8, 4) is 0 Å². The van der Waals surface area contributed by atoms with Gasteiger partial charge in [-0.15, -0.1) is 0 Å². The summed E-state index contributed by atoms with van der Waals surface area (Å²) < 4.78 is 2.18. The molecule has 0 unspecified atom stereocenters. The van der Waals surface area contributed by atoms with Gasteiger partial charge in [0, 0.05) is 48.2 Å². The molecule has 0 radical (unpaired) electrons. The number of hydrogen-bond donors (Lipinski definition) is 2. The zero-order valence-corrected chi connectivity index (χ0v) is 12.8. The lowest BCUT2D eigenvalue weighted by molar-refractivity contribution is 0.0954. The first-order valence-corrected chi connectivity index (χ1v) is 7.51. The SMILES string of the molecule is CC(C)n1ccc2ccc(C(=O)NCCc3cnc[nH]3)cc21. The summed E-state index contributed by atoms with van der Waals surface area (Å²) in [5, 5.41) is 4.10. The fourth-order valence-corrected chi connectivity index (χ4v) is 2.57. The van der Waals surface area contributed by atoms with Gasteiger partial charge in [-0.25, -0.2) is 4.98 Å². The van der Waals surface area contributed by atoms with Crippen LogP contribution in [-0.2, 0) is 6.42 Å². The number of nitrogens with zero attached hydrogens (tertiary/aromatic N) is 2. The van der Waals surface area contributed by atoms with Crippen molar-refractivity contribution in [1.82, 2.24) is 19.9 Å². The van der Waals surface area contributed by atoms with E-state index in [0.717, 1.165) is 23.0 Å². The highest BCUT2D eigenvalue weighted by Crippen LogP contribution is 2.21. The van der Waals surface area contributed by atoms with Gasteiger partial charge in [-0.1, -0.05) is 6.07 Å². The van der Waals surface area contributed by atoms with Crippen molar-refractivity contribution in [2.24, 2.45) is 0 Å². The Kier molecular flexibility index (Phi) is 3.96. The highest BCUT2D eigenvalue weighted by Gasteiger charge is 2.09. The minimum Gasteiger partial charge on any atom is -0.352 e. The van der Waals surface area contributed by atoms with E-state index in [-0.39, 0.29) is 5.91 Å². The first kappa shape index (κ1) is 14.4. The zero-order valence-electron chi connectivity index (χ0n) is 12.8. The van der Waals surface area contributed by atoms with E-state index in [4.69, 9.17) is 0 Å². The van der Waals surface area contributed by atoms with Gasteiger partial charge in [0.2, 0.25) is 0 Å². The quantitative estimate of drug-likeness (QED) is 0.760. The molecule has 1 amide bonds. The third-order valence-electron chi connectivity index (χ3n) is 3.78. The maximum absolute atomic E-state index is 12.3. The van der Waals surface area contributed by atoms with Crippen LogP contribution in [0.25, 0.3) is 10.9 Å². The molecule has 3 rings (SSSR count). The number of rotatable bonds is 5. The van der Waals surface area contributed by atoms with Crippen molar-refractivity contribution in [3.05, 3.63) is 54.2 Å². The number of hydrogen-bond acceptors (Lipinski definition) is 2. The van der Waals surface area contributed by atoms with E-state index in [0.29, 0.717) is 18.2 Å². The lowest BCUT2D eigenvalue weighted by Crippen LogP contribution is -2.25. The predicted molar refractivity (Wildman–Crippen MR) is 86.9 cm³/mol. The fourth-order valence-electron chi connectivity index (χ4n) is 2.57. The number of carbonyl (C=O) groups is 1. The summed E-state index contributed by atoms with van der Waals surface area (Å²) in [6.45, 7) is 4.86. The van der Waals surface area contributed by atoms with Crippen molar-refractivity contribution < 1.29 is 4.79 Å². The molecule has 0 atom stereocenters. The van der Waals surface area contributed by atoms with Crippen LogP contribution in [0.15, 0.2) is 43.0 Å². The van der Waals surface area contributed by atoms with E-state index < -0.39 is 0 Å². The molecule has 3 aromatic rings. The molecule has 0 spiro atoms. The average Bonchev–Trinajstić information content (AvgIpc) is 3.15. The van der Waals surface area contributed by atoms with Crippen molar-refractivity contribution >= 4 is 16.8 Å². The molecule has 0 aliphatic heterocycles. The smallest absolute Gasteiger partial charge is 0.251 e. The van der Waals surface area contributed by atoms with E-state index in [1.165, 1.54) is 0 Å². The van der Waals surface area contributed by atoms with Gasteiger partial charge in [0.15, 0.2) is 0 Å². The van der Waals surface area contributed by atoms with Gasteiger partial charge in [-0.2, -0.15) is 0 Å². The largest absolute Gasteiger partial charge is 0.352 e. The number of amides is 1. The van der Waals surface area contributed by atoms with Gasteiger partial charge in [0.25, 0.3) is 5.91 Å². The number of aromatic amines is 1. The zero-order chi connectivity index (χ0) is 15.5. The van der Waals surface area contributed by atoms with E-state index in [9.17, 15) is 4.79 Å². The van der Waals surface area contributed by atoms with Gasteiger partial charge < -0.3 is 14.9 Å². The van der Waals surface area contributed by atoms with Crippen molar-refractivity contribution in [1.29, 1.82) is 0 Å². The van der Waals surface area contributed by atoms with Crippen LogP contribution in [0, 0.1) is 0 Å². The van der Waals surface area contributed by atoms with E-state index in [1.54, 1.807) is 12.5 Å². The number of fused-ring (bicyclic) bond motifs is 1. The van der Waals surface area contributed by atoms with Crippen LogP contribution >= 0.6 is 0 Å². The molecule has 2 heterocycles. The second-order valence-electron chi connectivity index (χ2n) is 5.67. The summed E-state index contributed by atoms with van der Waals surface area (Å²) in [4.78, 5) is 19.3. The molecule has 0 aliphatic carbocycles. The number of nitrogens with one attached hydrogen (secondary N) is 2. The molecular weight excluding hydrogens is 276 g/mol. The van der Waals surface area contributed by atoms with Gasteiger partial charge in [-0.05, 0) is 37.4 Å². The molecule has 0 saturated heterocycles. The number of aromatic nitrogens is 3. The number of H-pyrrole nitrogens is 1. The lowest BCUT2D eigenvalue weighted by atomic mass is 10.1. The first-order valence-electron chi connectivity index (χ1n) is 7.51. The van der Waals surface area contributed by atoms with Crippen LogP contribution in [0.2, 0.25) is 0 Å². The standard InChI is InChI=1S/C17H20N4O/c1-12(2)21-8-6-13-3-4-14(9-16(13)21)17(22)19-7-5-15-10-18-11-20-15/h3-4,6,8-12H,5,7H2,1-2H3,(H,18,20)(H,19,22). The maximum Gasteiger partial charge on any atom is 0.251 e. The molecule has 22 heavy (non-hydrogen) atoms. The molecular formula is C17H20N4O. The molecule has 2 aromatic heterocycles. The third kappa shape index (κ3) is 2.88. The first-order chi connectivity index (χ1) is 10.6. The highest BCUT2D eigenvalue weighted by atomic mass is 16.1. The van der Waals surface area contributed by atoms with Gasteiger partial charge in [0.05, 0.1) is 6.33 Å². The molecule has 0 fully saturated rings. The summed E-state index contributed by atoms with van der Waals surface area (Å²) in [5.41, 5.74) is 2.80. The Labute approximate surface area is 129 Å². The minimum absolute atomic E-state index is 0.0436. The van der Waals surface area contributed by atoms with Crippen LogP contribution in [0.4, 0.5) is 0 Å². The molecule has 114 valence electrons. The van der Waals surface area contributed by atoms with Gasteiger partial charge in [-0.3, -0.25) is 4.79 Å². The Balaban J connectivity index is 1.71. The topological polar surface area (TPSA) is 62.7 Å². The van der Waals surface area contributed by atoms with Crippen LogP contribution in [0.5, 0.6) is 0 Å². The number of imidazole rings is 1. The number of carbonyl (C=O) groups excluding carboxylic acids is 1. The minimum atomic E-state index is -0.0436. The monoisotopic (exact) mass is 296 g/mol. The highest BCUT2D eigenvalue weighted by molar-refractivity contribution is 5.98. The predicted octanol–water partition coefficient (Wildman–Crippen LogP) is 2.92. The molecule has 1 aromatic carbocycles. The van der Waals surface area contributed by atoms with E-state index in [1.807, 2.05) is 18.2 Å². The van der Waals surface area contributed by atoms with Crippen LogP contribution in [0.1, 0.15) is 35.9 Å². The summed E-state index contributed by atoms with van der Waals surface area (Å²) in [6, 6.07) is 8.28. The second kappa shape index (κ2) is 6.05. The Morgan fingerprint density at radius 3 is 2.95 bits per heavy atom. The van der Waals surface area contributed by atoms with Crippen molar-refractivity contribution in [3.63, 3.8) is 0 Å². The molecule has 0 saturated carbocycles. The second-order valence-corrected chi connectivity index (χ2v) is 5.67. The summed E-state index contributed by atoms with van der Waals surface area (Å²) in [5.74, 6) is -0.0436. The fraction of sp³-hybridized carbons (Fsp3) is 0.294. The average molecular weight is 296 g/mol. The molecule has 2 N–H and O–H groups in total. The number of benzene rings is 1. The van der Waals surface area contributed by atoms with Crippen LogP contribution < -0.4 is 5.32 Å². The van der Waals surface area contributed by atoms with Crippen LogP contribution in [0.3, 0.4) is 0 Å². The molecule has 0 aliphatic rings. The Bertz CT molecular complexity index is 771. The van der Waals surface area contributed by atoms with Crippen molar-refractivity contribution in [2.75, 3.05) is 6.54 Å². The summed E-state index contributed by atoms with van der Waals surface area (Å²) >= 11 is 0. The lowest BCUT2D eigenvalue weighted by Gasteiger charge is -2.10. The molecule has 5 nitrogen and oxygen atoms in total. The molecule has 5 heteroatoms.